The quantitative estimate of drug-likeness (QED) is 0.455. The molecule has 2 N–H and O–H groups in total. The van der Waals surface area contributed by atoms with Gasteiger partial charge in [0.05, 0.1) is 12.2 Å². The Bertz CT molecular complexity index is 1200. The monoisotopic (exact) mass is 488 g/mol. The van der Waals surface area contributed by atoms with E-state index in [0.717, 1.165) is 41.0 Å². The van der Waals surface area contributed by atoms with Gasteiger partial charge in [0.15, 0.2) is 0 Å². The molecule has 2 heterocycles. The van der Waals surface area contributed by atoms with Crippen molar-refractivity contribution in [2.24, 2.45) is 5.92 Å². The molecule has 3 aromatic rings. The molecule has 7 nitrogen and oxygen atoms in total. The zero-order chi connectivity index (χ0) is 24.6. The van der Waals surface area contributed by atoms with E-state index >= 15 is 0 Å². The van der Waals surface area contributed by atoms with E-state index in [1.165, 1.54) is 11.3 Å². The molecule has 0 aliphatic heterocycles. The number of amides is 2. The van der Waals surface area contributed by atoms with Crippen LogP contribution >= 0.6 is 11.3 Å². The number of carbonyl (C=O) groups excluding carboxylic acids is 2. The number of benzene rings is 1. The molecule has 0 radical (unpaired) electrons. The van der Waals surface area contributed by atoms with Crippen molar-refractivity contribution in [1.29, 1.82) is 5.26 Å². The third kappa shape index (κ3) is 6.46. The SMILES string of the molecule is CC(CC(=O)Nc1sc2c(c1C#N)CCC(COC(=O)NCc1ccccc1)C2)c1ccccn1. The molecule has 2 unspecified atom stereocenters. The van der Waals surface area contributed by atoms with Gasteiger partial charge in [-0.3, -0.25) is 9.78 Å². The van der Waals surface area contributed by atoms with Crippen LogP contribution in [0.1, 0.15) is 52.9 Å². The highest BCUT2D eigenvalue weighted by atomic mass is 32.1. The summed E-state index contributed by atoms with van der Waals surface area (Å²) in [6.45, 7) is 2.71. The average molecular weight is 489 g/mol. The number of nitrogens with one attached hydrogen (secondary N) is 2. The van der Waals surface area contributed by atoms with Crippen LogP contribution in [0, 0.1) is 17.2 Å². The topological polar surface area (TPSA) is 104 Å². The summed E-state index contributed by atoms with van der Waals surface area (Å²) in [5.74, 6) is 0.0296. The number of rotatable bonds is 8. The Hall–Kier alpha value is -3.70. The maximum atomic E-state index is 12.7. The van der Waals surface area contributed by atoms with E-state index in [-0.39, 0.29) is 17.7 Å². The minimum absolute atomic E-state index is 0.0223. The highest BCUT2D eigenvalue weighted by molar-refractivity contribution is 7.16. The number of pyridine rings is 1. The van der Waals surface area contributed by atoms with Crippen LogP contribution in [0.4, 0.5) is 9.80 Å². The molecule has 0 saturated heterocycles. The molecule has 4 rings (SSSR count). The second kappa shape index (κ2) is 11.6. The molecule has 0 spiro atoms. The summed E-state index contributed by atoms with van der Waals surface area (Å²) in [5.41, 5.74) is 3.45. The Morgan fingerprint density at radius 1 is 1.23 bits per heavy atom. The summed E-state index contributed by atoms with van der Waals surface area (Å²) in [6.07, 6.45) is 3.86. The number of fused-ring (bicyclic) bond motifs is 1. The van der Waals surface area contributed by atoms with Crippen LogP contribution in [-0.4, -0.2) is 23.6 Å². The summed E-state index contributed by atoms with van der Waals surface area (Å²) in [4.78, 5) is 30.2. The lowest BCUT2D eigenvalue weighted by molar-refractivity contribution is -0.116. The number of hydrogen-bond donors (Lipinski definition) is 2. The van der Waals surface area contributed by atoms with Crippen LogP contribution in [0.5, 0.6) is 0 Å². The first-order valence-electron chi connectivity index (χ1n) is 11.7. The fourth-order valence-corrected chi connectivity index (χ4v) is 5.57. The largest absolute Gasteiger partial charge is 0.449 e. The van der Waals surface area contributed by atoms with E-state index < -0.39 is 6.09 Å². The van der Waals surface area contributed by atoms with Crippen LogP contribution in [0.3, 0.4) is 0 Å². The fourth-order valence-electron chi connectivity index (χ4n) is 4.25. The number of alkyl carbamates (subject to hydrolysis) is 1. The predicted octanol–water partition coefficient (Wildman–Crippen LogP) is 5.18. The third-order valence-electron chi connectivity index (χ3n) is 6.15. The van der Waals surface area contributed by atoms with Crippen LogP contribution in [0.15, 0.2) is 54.7 Å². The Labute approximate surface area is 209 Å². The predicted molar refractivity (Wildman–Crippen MR) is 135 cm³/mol. The van der Waals surface area contributed by atoms with Crippen LogP contribution in [0.25, 0.3) is 0 Å². The molecule has 1 aromatic carbocycles. The Morgan fingerprint density at radius 2 is 2.03 bits per heavy atom. The standard InChI is InChI=1S/C27H28N4O3S/c1-18(23-9-5-6-12-29-23)13-25(32)31-26-22(15-28)21-11-10-20(14-24(21)35-26)17-34-27(33)30-16-19-7-3-2-4-8-19/h2-9,12,18,20H,10-11,13-14,16-17H2,1H3,(H,30,33)(H,31,32). The summed E-state index contributed by atoms with van der Waals surface area (Å²) < 4.78 is 5.45. The molecule has 0 bridgehead atoms. The second-order valence-corrected chi connectivity index (χ2v) is 9.88. The van der Waals surface area contributed by atoms with Gasteiger partial charge in [0.2, 0.25) is 5.91 Å². The molecule has 35 heavy (non-hydrogen) atoms. The number of thiophene rings is 1. The lowest BCUT2D eigenvalue weighted by Crippen LogP contribution is -2.27. The molecule has 2 amide bonds. The van der Waals surface area contributed by atoms with Gasteiger partial charge in [0.1, 0.15) is 11.1 Å². The molecule has 180 valence electrons. The van der Waals surface area contributed by atoms with Crippen molar-refractivity contribution in [2.45, 2.75) is 45.1 Å². The number of nitriles is 1. The Morgan fingerprint density at radius 3 is 2.77 bits per heavy atom. The van der Waals surface area contributed by atoms with Crippen molar-refractivity contribution in [3.63, 3.8) is 0 Å². The minimum atomic E-state index is -0.432. The van der Waals surface area contributed by atoms with Gasteiger partial charge in [-0.05, 0) is 48.4 Å². The first kappa shape index (κ1) is 24.4. The maximum Gasteiger partial charge on any atom is 0.407 e. The van der Waals surface area contributed by atoms with E-state index in [1.54, 1.807) is 6.20 Å². The summed E-state index contributed by atoms with van der Waals surface area (Å²) >= 11 is 1.46. The first-order chi connectivity index (χ1) is 17.0. The fraction of sp³-hybridized carbons (Fsp3) is 0.333. The summed E-state index contributed by atoms with van der Waals surface area (Å²) in [7, 11) is 0. The van der Waals surface area contributed by atoms with Gasteiger partial charge < -0.3 is 15.4 Å². The minimum Gasteiger partial charge on any atom is -0.449 e. The van der Waals surface area contributed by atoms with E-state index in [1.807, 2.05) is 55.5 Å². The van der Waals surface area contributed by atoms with Crippen molar-refractivity contribution < 1.29 is 14.3 Å². The average Bonchev–Trinajstić information content (AvgIpc) is 3.23. The third-order valence-corrected chi connectivity index (χ3v) is 7.32. The van der Waals surface area contributed by atoms with Gasteiger partial charge in [-0.15, -0.1) is 11.3 Å². The lowest BCUT2D eigenvalue weighted by Gasteiger charge is -2.21. The molecule has 0 fully saturated rings. The summed E-state index contributed by atoms with van der Waals surface area (Å²) in [6, 6.07) is 17.6. The first-order valence-corrected chi connectivity index (χ1v) is 12.5. The van der Waals surface area contributed by atoms with Crippen molar-refractivity contribution in [1.82, 2.24) is 10.3 Å². The van der Waals surface area contributed by atoms with Gasteiger partial charge >= 0.3 is 6.09 Å². The zero-order valence-electron chi connectivity index (χ0n) is 19.6. The van der Waals surface area contributed by atoms with Crippen molar-refractivity contribution >= 4 is 28.3 Å². The number of aromatic nitrogens is 1. The van der Waals surface area contributed by atoms with Gasteiger partial charge in [-0.2, -0.15) is 5.26 Å². The molecule has 1 aliphatic carbocycles. The highest BCUT2D eigenvalue weighted by Crippen LogP contribution is 2.39. The van der Waals surface area contributed by atoms with Crippen LogP contribution < -0.4 is 10.6 Å². The molecule has 1 aliphatic rings. The summed E-state index contributed by atoms with van der Waals surface area (Å²) in [5, 5.41) is 16.1. The van der Waals surface area contributed by atoms with Gasteiger partial charge in [-0.25, -0.2) is 4.79 Å². The van der Waals surface area contributed by atoms with Gasteiger partial charge in [-0.1, -0.05) is 43.3 Å². The maximum absolute atomic E-state index is 12.7. The molecule has 8 heteroatoms. The van der Waals surface area contributed by atoms with E-state index in [2.05, 4.69) is 21.7 Å². The van der Waals surface area contributed by atoms with Gasteiger partial charge in [0, 0.05) is 35.7 Å². The van der Waals surface area contributed by atoms with Crippen molar-refractivity contribution in [3.05, 3.63) is 82.0 Å². The molecule has 0 saturated carbocycles. The number of anilines is 1. The second-order valence-electron chi connectivity index (χ2n) is 8.77. The van der Waals surface area contributed by atoms with E-state index in [0.29, 0.717) is 30.1 Å². The molecule has 2 aromatic heterocycles. The number of nitrogens with zero attached hydrogens (tertiary/aromatic N) is 2. The van der Waals surface area contributed by atoms with Crippen molar-refractivity contribution in [3.8, 4) is 6.07 Å². The normalized spacial score (nSPS) is 15.4. The zero-order valence-corrected chi connectivity index (χ0v) is 20.4. The smallest absolute Gasteiger partial charge is 0.407 e. The Kier molecular flexibility index (Phi) is 8.11. The number of ether oxygens (including phenoxy) is 1. The van der Waals surface area contributed by atoms with Crippen LogP contribution in [0.2, 0.25) is 0 Å². The number of hydrogen-bond acceptors (Lipinski definition) is 6. The highest BCUT2D eigenvalue weighted by Gasteiger charge is 2.27. The lowest BCUT2D eigenvalue weighted by atomic mass is 9.88. The molecule has 2 atom stereocenters. The number of carbonyl (C=O) groups is 2. The van der Waals surface area contributed by atoms with E-state index in [9.17, 15) is 14.9 Å². The van der Waals surface area contributed by atoms with E-state index in [4.69, 9.17) is 4.74 Å². The van der Waals surface area contributed by atoms with Crippen LogP contribution in [-0.2, 0) is 28.9 Å². The van der Waals surface area contributed by atoms with Crippen molar-refractivity contribution in [2.75, 3.05) is 11.9 Å². The molecular weight excluding hydrogens is 460 g/mol. The molecular formula is C27H28N4O3S. The Balaban J connectivity index is 1.30. The van der Waals surface area contributed by atoms with Gasteiger partial charge in [0.25, 0.3) is 0 Å².